The lowest BCUT2D eigenvalue weighted by Gasteiger charge is -2.32. The highest BCUT2D eigenvalue weighted by Crippen LogP contribution is 2.10. The molecule has 0 saturated carbocycles. The van der Waals surface area contributed by atoms with Crippen LogP contribution < -0.4 is 5.32 Å². The summed E-state index contributed by atoms with van der Waals surface area (Å²) in [5, 5.41) is 3.45. The molecule has 1 fully saturated rings. The lowest BCUT2D eigenvalue weighted by molar-refractivity contribution is -0.129. The molecule has 118 valence electrons. The molecule has 1 aliphatic rings. The first-order valence-electron chi connectivity index (χ1n) is 7.28. The number of amides is 1. The van der Waals surface area contributed by atoms with Crippen LogP contribution in [0.5, 0.6) is 0 Å². The third kappa shape index (κ3) is 5.76. The fraction of sp³-hybridized carbons (Fsp3) is 0.923. The molecule has 0 radical (unpaired) electrons. The van der Waals surface area contributed by atoms with Crippen molar-refractivity contribution in [3.63, 3.8) is 0 Å². The number of hydrogen-bond donors (Lipinski definition) is 1. The highest BCUT2D eigenvalue weighted by atomic mass is 32.2. The van der Waals surface area contributed by atoms with Crippen LogP contribution >= 0.6 is 0 Å². The highest BCUT2D eigenvalue weighted by molar-refractivity contribution is 7.88. The predicted molar refractivity (Wildman–Crippen MR) is 80.0 cm³/mol. The minimum absolute atomic E-state index is 0.148. The molecule has 0 unspecified atom stereocenters. The van der Waals surface area contributed by atoms with E-state index < -0.39 is 10.0 Å². The number of piperidine rings is 1. The number of nitrogens with zero attached hydrogens (tertiary/aromatic N) is 2. The van der Waals surface area contributed by atoms with Crippen molar-refractivity contribution in [2.45, 2.75) is 39.2 Å². The second-order valence-electron chi connectivity index (χ2n) is 5.34. The maximum atomic E-state index is 11.4. The lowest BCUT2D eigenvalue weighted by atomic mass is 10.1. The standard InChI is InChI=1S/C13H27N3O3S/c1-4-16(20(3,18)19)9-5-8-14-13-6-10-15(11-7-13)12(2)17/h13-14H,4-11H2,1-3H3. The molecular weight excluding hydrogens is 278 g/mol. The van der Waals surface area contributed by atoms with Gasteiger partial charge in [0.2, 0.25) is 15.9 Å². The quantitative estimate of drug-likeness (QED) is 0.685. The molecular formula is C13H27N3O3S. The molecule has 20 heavy (non-hydrogen) atoms. The summed E-state index contributed by atoms with van der Waals surface area (Å²) >= 11 is 0. The summed E-state index contributed by atoms with van der Waals surface area (Å²) in [6, 6.07) is 0.443. The molecule has 1 heterocycles. The molecule has 1 aliphatic heterocycles. The van der Waals surface area contributed by atoms with Crippen LogP contribution in [-0.2, 0) is 14.8 Å². The Labute approximate surface area is 122 Å². The van der Waals surface area contributed by atoms with Gasteiger partial charge in [0.25, 0.3) is 0 Å². The highest BCUT2D eigenvalue weighted by Gasteiger charge is 2.20. The summed E-state index contributed by atoms with van der Waals surface area (Å²) in [5.41, 5.74) is 0. The minimum Gasteiger partial charge on any atom is -0.343 e. The van der Waals surface area contributed by atoms with Crippen molar-refractivity contribution in [1.29, 1.82) is 0 Å². The van der Waals surface area contributed by atoms with Gasteiger partial charge in [-0.15, -0.1) is 0 Å². The molecule has 0 atom stereocenters. The second kappa shape index (κ2) is 7.95. The molecule has 0 aromatic rings. The van der Waals surface area contributed by atoms with Gasteiger partial charge in [-0.25, -0.2) is 12.7 Å². The van der Waals surface area contributed by atoms with Gasteiger partial charge in [0, 0.05) is 39.1 Å². The monoisotopic (exact) mass is 305 g/mol. The zero-order chi connectivity index (χ0) is 15.2. The summed E-state index contributed by atoms with van der Waals surface area (Å²) in [4.78, 5) is 13.1. The van der Waals surface area contributed by atoms with E-state index in [0.29, 0.717) is 19.1 Å². The predicted octanol–water partition coefficient (Wildman–Crippen LogP) is 0.259. The molecule has 1 rings (SSSR count). The first-order chi connectivity index (χ1) is 9.34. The Morgan fingerprint density at radius 3 is 2.40 bits per heavy atom. The van der Waals surface area contributed by atoms with Gasteiger partial charge in [-0.1, -0.05) is 6.92 Å². The van der Waals surface area contributed by atoms with Crippen molar-refractivity contribution in [3.05, 3.63) is 0 Å². The van der Waals surface area contributed by atoms with E-state index in [0.717, 1.165) is 38.9 Å². The first-order valence-corrected chi connectivity index (χ1v) is 9.13. The Kier molecular flexibility index (Phi) is 6.91. The topological polar surface area (TPSA) is 69.7 Å². The third-order valence-electron chi connectivity index (χ3n) is 3.78. The van der Waals surface area contributed by atoms with E-state index >= 15 is 0 Å². The van der Waals surface area contributed by atoms with Crippen LogP contribution in [0.2, 0.25) is 0 Å². The van der Waals surface area contributed by atoms with Crippen LogP contribution in [0.25, 0.3) is 0 Å². The average molecular weight is 305 g/mol. The van der Waals surface area contributed by atoms with Gasteiger partial charge in [0.05, 0.1) is 6.26 Å². The molecule has 0 aromatic heterocycles. The summed E-state index contributed by atoms with van der Waals surface area (Å²) in [5.74, 6) is 0.148. The number of carbonyl (C=O) groups is 1. The van der Waals surface area contributed by atoms with Gasteiger partial charge in [0.1, 0.15) is 0 Å². The minimum atomic E-state index is -3.08. The summed E-state index contributed by atoms with van der Waals surface area (Å²) in [6.45, 7) is 7.00. The van der Waals surface area contributed by atoms with E-state index in [9.17, 15) is 13.2 Å². The largest absolute Gasteiger partial charge is 0.343 e. The van der Waals surface area contributed by atoms with E-state index in [-0.39, 0.29) is 5.91 Å². The summed E-state index contributed by atoms with van der Waals surface area (Å²) in [6.07, 6.45) is 4.02. The summed E-state index contributed by atoms with van der Waals surface area (Å²) < 4.78 is 24.3. The van der Waals surface area contributed by atoms with Gasteiger partial charge in [-0.2, -0.15) is 0 Å². The second-order valence-corrected chi connectivity index (χ2v) is 7.33. The van der Waals surface area contributed by atoms with Crippen LogP contribution in [0.15, 0.2) is 0 Å². The number of sulfonamides is 1. The Bertz CT molecular complexity index is 403. The van der Waals surface area contributed by atoms with Crippen LogP contribution in [0, 0.1) is 0 Å². The average Bonchev–Trinajstić information content (AvgIpc) is 2.37. The van der Waals surface area contributed by atoms with Crippen LogP contribution in [0.4, 0.5) is 0 Å². The fourth-order valence-corrected chi connectivity index (χ4v) is 3.45. The Morgan fingerprint density at radius 2 is 1.95 bits per heavy atom. The van der Waals surface area contributed by atoms with Crippen molar-refractivity contribution in [2.75, 3.05) is 39.0 Å². The number of likely N-dealkylation sites (tertiary alicyclic amines) is 1. The number of hydrogen-bond acceptors (Lipinski definition) is 4. The molecule has 1 N–H and O–H groups in total. The van der Waals surface area contributed by atoms with Crippen LogP contribution in [0.3, 0.4) is 0 Å². The van der Waals surface area contributed by atoms with E-state index in [4.69, 9.17) is 0 Å². The van der Waals surface area contributed by atoms with Gasteiger partial charge in [0.15, 0.2) is 0 Å². The fourth-order valence-electron chi connectivity index (χ4n) is 2.52. The molecule has 1 amide bonds. The lowest BCUT2D eigenvalue weighted by Crippen LogP contribution is -2.44. The van der Waals surface area contributed by atoms with Crippen molar-refractivity contribution in [3.8, 4) is 0 Å². The molecule has 6 nitrogen and oxygen atoms in total. The third-order valence-corrected chi connectivity index (χ3v) is 5.16. The SMILES string of the molecule is CCN(CCCNC1CCN(C(C)=O)CC1)S(C)(=O)=O. The van der Waals surface area contributed by atoms with Crippen LogP contribution in [0.1, 0.15) is 33.1 Å². The van der Waals surface area contributed by atoms with Gasteiger partial charge < -0.3 is 10.2 Å². The summed E-state index contributed by atoms with van der Waals surface area (Å²) in [7, 11) is -3.08. The number of nitrogens with one attached hydrogen (secondary N) is 1. The van der Waals surface area contributed by atoms with Gasteiger partial charge in [-0.3, -0.25) is 4.79 Å². The Balaban J connectivity index is 2.18. The van der Waals surface area contributed by atoms with Crippen molar-refractivity contribution in [1.82, 2.24) is 14.5 Å². The normalized spacial score (nSPS) is 17.7. The molecule has 0 spiro atoms. The van der Waals surface area contributed by atoms with E-state index in [1.165, 1.54) is 10.6 Å². The molecule has 1 saturated heterocycles. The maximum absolute atomic E-state index is 11.4. The zero-order valence-corrected chi connectivity index (χ0v) is 13.6. The number of rotatable bonds is 7. The van der Waals surface area contributed by atoms with E-state index in [2.05, 4.69) is 5.32 Å². The molecule has 0 bridgehead atoms. The zero-order valence-electron chi connectivity index (χ0n) is 12.8. The Hall–Kier alpha value is -0.660. The van der Waals surface area contributed by atoms with Gasteiger partial charge >= 0.3 is 0 Å². The van der Waals surface area contributed by atoms with Crippen molar-refractivity contribution < 1.29 is 13.2 Å². The van der Waals surface area contributed by atoms with E-state index in [1.807, 2.05) is 11.8 Å². The molecule has 0 aliphatic carbocycles. The van der Waals surface area contributed by atoms with Crippen molar-refractivity contribution >= 4 is 15.9 Å². The van der Waals surface area contributed by atoms with Gasteiger partial charge in [-0.05, 0) is 25.8 Å². The van der Waals surface area contributed by atoms with Crippen molar-refractivity contribution in [2.24, 2.45) is 0 Å². The maximum Gasteiger partial charge on any atom is 0.219 e. The molecule has 7 heteroatoms. The smallest absolute Gasteiger partial charge is 0.219 e. The number of carbonyl (C=O) groups excluding carboxylic acids is 1. The van der Waals surface area contributed by atoms with E-state index in [1.54, 1.807) is 6.92 Å². The first kappa shape index (κ1) is 17.4. The van der Waals surface area contributed by atoms with Crippen LogP contribution in [-0.4, -0.2) is 68.6 Å². The molecule has 0 aromatic carbocycles. The Morgan fingerprint density at radius 1 is 1.35 bits per heavy atom.